The van der Waals surface area contributed by atoms with Crippen LogP contribution in [0.2, 0.25) is 0 Å². The Bertz CT molecular complexity index is 288. The van der Waals surface area contributed by atoms with Crippen molar-refractivity contribution in [2.75, 3.05) is 13.1 Å². The number of hydrogen-bond donors (Lipinski definition) is 0. The van der Waals surface area contributed by atoms with Crippen molar-refractivity contribution < 1.29 is 21.0 Å². The summed E-state index contributed by atoms with van der Waals surface area (Å²) in [6.45, 7) is 3.72. The maximum Gasteiger partial charge on any atom is 0.416 e. The van der Waals surface area contributed by atoms with E-state index in [1.54, 1.807) is 11.8 Å². The average molecular weight is 365 g/mol. The number of carbonyl (C=O) groups excluding carboxylic acids is 1. The Morgan fingerprint density at radius 2 is 1.88 bits per heavy atom. The van der Waals surface area contributed by atoms with E-state index in [2.05, 4.69) is 3.07 Å². The van der Waals surface area contributed by atoms with Gasteiger partial charge in [-0.2, -0.15) is 13.2 Å². The zero-order chi connectivity index (χ0) is 13.3. The topological polar surface area (TPSA) is 29.5 Å². The Morgan fingerprint density at radius 3 is 2.18 bits per heavy atom. The summed E-state index contributed by atoms with van der Waals surface area (Å²) >= 11 is 1.31. The molecule has 7 heteroatoms. The molecule has 1 rings (SSSR count). The van der Waals surface area contributed by atoms with Crippen LogP contribution in [-0.4, -0.2) is 36.2 Å². The number of piperidine rings is 1. The molecule has 0 aromatic heterocycles. The number of halogens is 4. The summed E-state index contributed by atoms with van der Waals surface area (Å²) < 4.78 is 43.0. The third-order valence-electron chi connectivity index (χ3n) is 3.37. The van der Waals surface area contributed by atoms with Crippen LogP contribution in [-0.2, 0) is 7.86 Å². The lowest BCUT2D eigenvalue weighted by Crippen LogP contribution is -2.51. The van der Waals surface area contributed by atoms with Crippen molar-refractivity contribution in [3.8, 4) is 0 Å². The van der Waals surface area contributed by atoms with E-state index in [4.69, 9.17) is 0 Å². The molecule has 0 spiro atoms. The molecule has 1 heterocycles. The van der Waals surface area contributed by atoms with Crippen molar-refractivity contribution in [1.29, 1.82) is 0 Å². The first-order valence-corrected chi connectivity index (χ1v) is 6.18. The van der Waals surface area contributed by atoms with Crippen LogP contribution in [0.3, 0.4) is 0 Å². The van der Waals surface area contributed by atoms with Crippen molar-refractivity contribution in [1.82, 2.24) is 4.90 Å². The normalized spacial score (nSPS) is 22.4. The number of alkyl halides is 3. The van der Waals surface area contributed by atoms with Gasteiger partial charge in [-0.05, 0) is 12.8 Å². The quantitative estimate of drug-likeness (QED) is 0.705. The minimum atomic E-state index is -4.37. The molecule has 0 aliphatic carbocycles. The Morgan fingerprint density at radius 1 is 1.41 bits per heavy atom. The van der Waals surface area contributed by atoms with E-state index in [9.17, 15) is 18.0 Å². The lowest BCUT2D eigenvalue weighted by atomic mass is 9.75. The first kappa shape index (κ1) is 15.0. The van der Waals surface area contributed by atoms with Crippen LogP contribution >= 0.6 is 23.0 Å². The Labute approximate surface area is 112 Å². The second kappa shape index (κ2) is 5.29. The highest BCUT2D eigenvalue weighted by Crippen LogP contribution is 2.44. The van der Waals surface area contributed by atoms with E-state index in [1.807, 2.05) is 0 Å². The number of carbonyl (C=O) groups is 1. The zero-order valence-corrected chi connectivity index (χ0v) is 11.8. The molecule has 1 atom stereocenters. The van der Waals surface area contributed by atoms with Gasteiger partial charge in [-0.1, -0.05) is 6.92 Å². The maximum atomic E-state index is 12.8. The SMILES string of the molecule is CC(=O)N1CCC(C)(C(OI)C(F)(F)F)CC1. The summed E-state index contributed by atoms with van der Waals surface area (Å²) in [5.41, 5.74) is -0.953. The molecule has 1 saturated heterocycles. The van der Waals surface area contributed by atoms with Crippen LogP contribution < -0.4 is 0 Å². The van der Waals surface area contributed by atoms with Crippen LogP contribution in [0.1, 0.15) is 26.7 Å². The van der Waals surface area contributed by atoms with E-state index >= 15 is 0 Å². The fourth-order valence-electron chi connectivity index (χ4n) is 2.15. The lowest BCUT2D eigenvalue weighted by Gasteiger charge is -2.43. The summed E-state index contributed by atoms with van der Waals surface area (Å²) in [6, 6.07) is 0. The van der Waals surface area contributed by atoms with Crippen LogP contribution in [0.4, 0.5) is 13.2 Å². The van der Waals surface area contributed by atoms with Crippen molar-refractivity contribution >= 4 is 28.9 Å². The minimum absolute atomic E-state index is 0.0917. The fourth-order valence-corrected chi connectivity index (χ4v) is 3.05. The lowest BCUT2D eigenvalue weighted by molar-refractivity contribution is -0.223. The average Bonchev–Trinajstić information content (AvgIpc) is 2.16. The molecule has 1 amide bonds. The Balaban J connectivity index is 2.74. The Hall–Kier alpha value is -0.0500. The molecular formula is C10H15F3INO2. The molecule has 0 bridgehead atoms. The van der Waals surface area contributed by atoms with Crippen LogP contribution in [0, 0.1) is 5.41 Å². The highest BCUT2D eigenvalue weighted by Gasteiger charge is 2.53. The molecule has 100 valence electrons. The van der Waals surface area contributed by atoms with Gasteiger partial charge in [-0.25, -0.2) is 0 Å². The molecule has 0 saturated carbocycles. The molecule has 1 unspecified atom stereocenters. The maximum absolute atomic E-state index is 12.8. The third-order valence-corrected chi connectivity index (χ3v) is 3.88. The van der Waals surface area contributed by atoms with E-state index in [0.29, 0.717) is 25.9 Å². The molecule has 0 radical (unpaired) electrons. The monoisotopic (exact) mass is 365 g/mol. The van der Waals surface area contributed by atoms with Gasteiger partial charge in [0.05, 0.1) is 0 Å². The molecule has 1 aliphatic heterocycles. The molecular weight excluding hydrogens is 350 g/mol. The van der Waals surface area contributed by atoms with Gasteiger partial charge in [0.15, 0.2) is 6.10 Å². The van der Waals surface area contributed by atoms with Crippen molar-refractivity contribution in [2.45, 2.75) is 39.0 Å². The van der Waals surface area contributed by atoms with Gasteiger partial charge < -0.3 is 7.97 Å². The van der Waals surface area contributed by atoms with Crippen LogP contribution in [0.5, 0.6) is 0 Å². The molecule has 0 aromatic carbocycles. The van der Waals surface area contributed by atoms with E-state index in [1.165, 1.54) is 29.9 Å². The number of nitrogens with zero attached hydrogens (tertiary/aromatic N) is 1. The number of likely N-dealkylation sites (tertiary alicyclic amines) is 1. The van der Waals surface area contributed by atoms with Crippen LogP contribution in [0.25, 0.3) is 0 Å². The van der Waals surface area contributed by atoms with Gasteiger partial charge in [-0.15, -0.1) is 0 Å². The van der Waals surface area contributed by atoms with Gasteiger partial charge in [0.2, 0.25) is 5.91 Å². The van der Waals surface area contributed by atoms with Gasteiger partial charge >= 0.3 is 6.18 Å². The van der Waals surface area contributed by atoms with Gasteiger partial charge in [0.1, 0.15) is 23.0 Å². The number of hydrogen-bond acceptors (Lipinski definition) is 2. The second-order valence-electron chi connectivity index (χ2n) is 4.67. The largest absolute Gasteiger partial charge is 0.416 e. The highest BCUT2D eigenvalue weighted by atomic mass is 127. The smallest absolute Gasteiger partial charge is 0.343 e. The number of amides is 1. The van der Waals surface area contributed by atoms with Crippen LogP contribution in [0.15, 0.2) is 0 Å². The molecule has 0 aromatic rings. The first-order chi connectivity index (χ1) is 7.70. The third kappa shape index (κ3) is 3.46. The van der Waals surface area contributed by atoms with Gasteiger partial charge in [-0.3, -0.25) is 4.79 Å². The molecule has 0 N–H and O–H groups in total. The molecule has 3 nitrogen and oxygen atoms in total. The fraction of sp³-hybridized carbons (Fsp3) is 0.900. The predicted octanol–water partition coefficient (Wildman–Crippen LogP) is 2.93. The highest BCUT2D eigenvalue weighted by molar-refractivity contribution is 14.1. The second-order valence-corrected chi connectivity index (χ2v) is 5.18. The summed E-state index contributed by atoms with van der Waals surface area (Å²) in [6.07, 6.45) is -5.53. The predicted molar refractivity (Wildman–Crippen MR) is 64.5 cm³/mol. The summed E-state index contributed by atoms with van der Waals surface area (Å²) in [4.78, 5) is 12.7. The Kier molecular flexibility index (Phi) is 4.67. The van der Waals surface area contributed by atoms with E-state index in [0.717, 1.165) is 0 Å². The number of rotatable bonds is 2. The zero-order valence-electron chi connectivity index (χ0n) is 9.68. The molecule has 1 fully saturated rings. The van der Waals surface area contributed by atoms with E-state index in [-0.39, 0.29) is 5.91 Å². The first-order valence-electron chi connectivity index (χ1n) is 5.30. The van der Waals surface area contributed by atoms with Crippen molar-refractivity contribution in [2.24, 2.45) is 5.41 Å². The summed E-state index contributed by atoms with van der Waals surface area (Å²) in [7, 11) is 0. The summed E-state index contributed by atoms with van der Waals surface area (Å²) in [5.74, 6) is -0.0917. The van der Waals surface area contributed by atoms with Crippen molar-refractivity contribution in [3.63, 3.8) is 0 Å². The minimum Gasteiger partial charge on any atom is -0.343 e. The van der Waals surface area contributed by atoms with Crippen molar-refractivity contribution in [3.05, 3.63) is 0 Å². The van der Waals surface area contributed by atoms with Gasteiger partial charge in [0.25, 0.3) is 0 Å². The standard InChI is InChI=1S/C10H15F3INO2/c1-7(16)15-5-3-9(2,4-6-15)8(17-14)10(11,12)13/h8H,3-6H2,1-2H3. The summed E-state index contributed by atoms with van der Waals surface area (Å²) in [5, 5.41) is 0. The molecule has 1 aliphatic rings. The molecule has 17 heavy (non-hydrogen) atoms. The van der Waals surface area contributed by atoms with E-state index < -0.39 is 17.7 Å². The van der Waals surface area contributed by atoms with Gasteiger partial charge in [0, 0.05) is 25.4 Å².